The Morgan fingerprint density at radius 3 is 2.59 bits per heavy atom. The van der Waals surface area contributed by atoms with Crippen LogP contribution in [0.4, 0.5) is 10.4 Å². The Balaban J connectivity index is 1.17. The van der Waals surface area contributed by atoms with Crippen molar-refractivity contribution in [3.05, 3.63) is 53.2 Å². The number of nitrogens with zero attached hydrogens (tertiary/aromatic N) is 5. The molecule has 5 heterocycles. The van der Waals surface area contributed by atoms with Crippen molar-refractivity contribution in [3.8, 4) is 17.0 Å². The minimum absolute atomic E-state index is 0.00675. The van der Waals surface area contributed by atoms with Crippen LogP contribution in [0, 0.1) is 5.82 Å². The predicted octanol–water partition coefficient (Wildman–Crippen LogP) is 4.31. The summed E-state index contributed by atoms with van der Waals surface area (Å²) in [7, 11) is 0. The highest BCUT2D eigenvalue weighted by Gasteiger charge is 2.48. The number of aliphatic hydroxyl groups excluding tert-OH is 1. The Morgan fingerprint density at radius 2 is 1.95 bits per heavy atom. The summed E-state index contributed by atoms with van der Waals surface area (Å²) in [6.45, 7) is 10.5. The lowest BCUT2D eigenvalue weighted by molar-refractivity contribution is 0.0453. The number of amides is 1. The summed E-state index contributed by atoms with van der Waals surface area (Å²) in [6, 6.07) is 7.11. The van der Waals surface area contributed by atoms with E-state index in [9.17, 15) is 9.90 Å². The van der Waals surface area contributed by atoms with E-state index >= 15 is 4.39 Å². The van der Waals surface area contributed by atoms with E-state index in [1.165, 1.54) is 17.0 Å². The molecule has 2 fully saturated rings. The molecule has 39 heavy (non-hydrogen) atoms. The molecule has 1 N–H and O–H groups in total. The van der Waals surface area contributed by atoms with Crippen LogP contribution in [0.2, 0.25) is 0 Å². The van der Waals surface area contributed by atoms with Gasteiger partial charge in [0.1, 0.15) is 17.2 Å². The van der Waals surface area contributed by atoms with Gasteiger partial charge >= 0.3 is 6.01 Å². The summed E-state index contributed by atoms with van der Waals surface area (Å²) in [5.74, 6) is 0.579. The number of β-amino-alcohol motifs (C(OH)–C–C–N with tert-alkyl or cyclic N) is 1. The molecule has 10 heteroatoms. The average molecular weight is 536 g/mol. The fourth-order valence-electron chi connectivity index (χ4n) is 5.84. The second-order valence-electron chi connectivity index (χ2n) is 12.0. The molecule has 0 bridgehead atoms. The molecule has 3 aliphatic rings. The second kappa shape index (κ2) is 9.29. The van der Waals surface area contributed by atoms with Gasteiger partial charge in [0.15, 0.2) is 5.82 Å². The number of aliphatic hydroxyl groups is 1. The number of aromatic nitrogens is 3. The zero-order chi connectivity index (χ0) is 27.5. The SMILES string of the molecule is CC1c2cc(-c3ccc(C(=O)N4CC[C@H](O)C4)c(F)c3)ncc2OC12CCN(c1nc(C(C)(C)C)no1)CC2. The number of hydrogen-bond acceptors (Lipinski definition) is 8. The third-order valence-corrected chi connectivity index (χ3v) is 8.38. The highest BCUT2D eigenvalue weighted by molar-refractivity contribution is 5.95. The molecule has 1 amide bonds. The maximum absolute atomic E-state index is 15.0. The smallest absolute Gasteiger partial charge is 0.324 e. The summed E-state index contributed by atoms with van der Waals surface area (Å²) in [5, 5.41) is 13.9. The van der Waals surface area contributed by atoms with E-state index in [-0.39, 0.29) is 29.0 Å². The van der Waals surface area contributed by atoms with E-state index in [0.29, 0.717) is 36.1 Å². The van der Waals surface area contributed by atoms with Crippen molar-refractivity contribution in [2.75, 3.05) is 31.1 Å². The van der Waals surface area contributed by atoms with Crippen LogP contribution in [0.3, 0.4) is 0 Å². The summed E-state index contributed by atoms with van der Waals surface area (Å²) >= 11 is 0. The molecular formula is C29H34FN5O4. The first-order chi connectivity index (χ1) is 18.5. The van der Waals surface area contributed by atoms with Crippen LogP contribution in [-0.2, 0) is 5.41 Å². The summed E-state index contributed by atoms with van der Waals surface area (Å²) < 4.78 is 27.1. The van der Waals surface area contributed by atoms with Gasteiger partial charge in [0.05, 0.1) is 23.6 Å². The van der Waals surface area contributed by atoms with E-state index in [4.69, 9.17) is 9.26 Å². The number of piperidine rings is 1. The molecule has 2 atom stereocenters. The lowest BCUT2D eigenvalue weighted by Gasteiger charge is -2.40. The molecular weight excluding hydrogens is 501 g/mol. The van der Waals surface area contributed by atoms with Crippen LogP contribution in [0.15, 0.2) is 35.0 Å². The maximum atomic E-state index is 15.0. The number of carbonyl (C=O) groups excluding carboxylic acids is 1. The van der Waals surface area contributed by atoms with E-state index in [0.717, 1.165) is 37.2 Å². The number of anilines is 1. The second-order valence-corrected chi connectivity index (χ2v) is 12.0. The van der Waals surface area contributed by atoms with E-state index < -0.39 is 17.8 Å². The fraction of sp³-hybridized carbons (Fsp3) is 0.517. The molecule has 0 radical (unpaired) electrons. The average Bonchev–Trinajstić information content (AvgIpc) is 3.63. The number of carbonyl (C=O) groups is 1. The maximum Gasteiger partial charge on any atom is 0.324 e. The third-order valence-electron chi connectivity index (χ3n) is 8.38. The van der Waals surface area contributed by atoms with Gasteiger partial charge in [-0.25, -0.2) is 4.39 Å². The number of rotatable bonds is 3. The van der Waals surface area contributed by atoms with Gasteiger partial charge in [-0.2, -0.15) is 4.98 Å². The Kier molecular flexibility index (Phi) is 6.13. The standard InChI is InChI=1S/C29H34FN5O4/c1-17-21-14-23(18-5-6-20(22(30)13-18)25(37)35-10-7-19(36)16-35)31-15-24(21)38-29(17)8-11-34(12-9-29)27-32-26(33-39-27)28(2,3)4/h5-6,13-15,17,19,36H,7-12,16H2,1-4H3/t17?,19-/m0/s1. The molecule has 6 rings (SSSR count). The molecule has 0 saturated carbocycles. The molecule has 3 aliphatic heterocycles. The van der Waals surface area contributed by atoms with Crippen molar-refractivity contribution in [1.29, 1.82) is 0 Å². The Hall–Kier alpha value is -3.53. The first kappa shape index (κ1) is 25.7. The van der Waals surface area contributed by atoms with Crippen LogP contribution in [0.1, 0.15) is 74.6 Å². The van der Waals surface area contributed by atoms with Gasteiger partial charge in [-0.1, -0.05) is 38.9 Å². The van der Waals surface area contributed by atoms with Crippen molar-refractivity contribution in [3.63, 3.8) is 0 Å². The van der Waals surface area contributed by atoms with Crippen LogP contribution < -0.4 is 9.64 Å². The molecule has 1 spiro atoms. The molecule has 9 nitrogen and oxygen atoms in total. The number of hydrogen-bond donors (Lipinski definition) is 1. The van der Waals surface area contributed by atoms with E-state index in [1.54, 1.807) is 12.3 Å². The van der Waals surface area contributed by atoms with Crippen molar-refractivity contribution in [1.82, 2.24) is 20.0 Å². The normalized spacial score (nSPS) is 22.3. The number of halogens is 1. The summed E-state index contributed by atoms with van der Waals surface area (Å²) in [5.41, 5.74) is 1.76. The van der Waals surface area contributed by atoms with Gasteiger partial charge in [0, 0.05) is 61.5 Å². The number of likely N-dealkylation sites (tertiary alicyclic amines) is 1. The van der Waals surface area contributed by atoms with Crippen LogP contribution >= 0.6 is 0 Å². The van der Waals surface area contributed by atoms with Crippen molar-refractivity contribution in [2.45, 2.75) is 70.0 Å². The van der Waals surface area contributed by atoms with Crippen molar-refractivity contribution >= 4 is 11.9 Å². The Bertz CT molecular complexity index is 1410. The molecule has 2 saturated heterocycles. The molecule has 2 aromatic heterocycles. The first-order valence-corrected chi connectivity index (χ1v) is 13.6. The molecule has 206 valence electrons. The lowest BCUT2D eigenvalue weighted by atomic mass is 9.78. The molecule has 1 unspecified atom stereocenters. The molecule has 0 aliphatic carbocycles. The minimum Gasteiger partial charge on any atom is -0.485 e. The minimum atomic E-state index is -0.593. The topological polar surface area (TPSA) is 105 Å². The Morgan fingerprint density at radius 1 is 1.18 bits per heavy atom. The van der Waals surface area contributed by atoms with Crippen LogP contribution in [0.25, 0.3) is 11.3 Å². The fourth-order valence-corrected chi connectivity index (χ4v) is 5.84. The lowest BCUT2D eigenvalue weighted by Crippen LogP contribution is -2.49. The van der Waals surface area contributed by atoms with Gasteiger partial charge in [-0.05, 0) is 24.6 Å². The quantitative estimate of drug-likeness (QED) is 0.529. The van der Waals surface area contributed by atoms with E-state index in [1.807, 2.05) is 6.07 Å². The first-order valence-electron chi connectivity index (χ1n) is 13.6. The zero-order valence-electron chi connectivity index (χ0n) is 22.8. The molecule has 3 aromatic rings. The Labute approximate surface area is 227 Å². The highest BCUT2D eigenvalue weighted by atomic mass is 19.1. The van der Waals surface area contributed by atoms with Crippen molar-refractivity contribution in [2.24, 2.45) is 0 Å². The number of benzene rings is 1. The van der Waals surface area contributed by atoms with Gasteiger partial charge in [-0.15, -0.1) is 0 Å². The zero-order valence-corrected chi connectivity index (χ0v) is 22.8. The number of fused-ring (bicyclic) bond motifs is 1. The molecule has 1 aromatic carbocycles. The third kappa shape index (κ3) is 4.54. The van der Waals surface area contributed by atoms with Crippen LogP contribution in [-0.4, -0.2) is 68.9 Å². The van der Waals surface area contributed by atoms with Crippen LogP contribution in [0.5, 0.6) is 5.75 Å². The van der Waals surface area contributed by atoms with Gasteiger partial charge in [0.2, 0.25) is 0 Å². The van der Waals surface area contributed by atoms with Crippen molar-refractivity contribution < 1.29 is 23.6 Å². The predicted molar refractivity (Wildman–Crippen MR) is 142 cm³/mol. The number of pyridine rings is 1. The van der Waals surface area contributed by atoms with E-state index in [2.05, 4.69) is 47.7 Å². The summed E-state index contributed by atoms with van der Waals surface area (Å²) in [6.07, 6.45) is 3.27. The highest BCUT2D eigenvalue weighted by Crippen LogP contribution is 2.50. The summed E-state index contributed by atoms with van der Waals surface area (Å²) in [4.78, 5) is 25.5. The largest absolute Gasteiger partial charge is 0.485 e. The van der Waals surface area contributed by atoms with Gasteiger partial charge < -0.3 is 24.2 Å². The van der Waals surface area contributed by atoms with Gasteiger partial charge in [-0.3, -0.25) is 9.78 Å². The van der Waals surface area contributed by atoms with Gasteiger partial charge in [0.25, 0.3) is 5.91 Å². The monoisotopic (exact) mass is 535 g/mol. The number of ether oxygens (including phenoxy) is 1.